The topological polar surface area (TPSA) is 109 Å². The quantitative estimate of drug-likeness (QED) is 0.348. The molecule has 1 amide bonds. The molecule has 12 heteroatoms. The standard InChI is InChI=1S/C28H33F3N4O5/c1-17-11-7-5-10-14-21(37-16-18-12-8-6-9-13-18)24-34-35-25(39-24)22-20(32-26(36)40-27(2,3)4)15-19(28(29,30)31)23(33-22)38-17/h6,8-9,12-13,15,17,21H,5,7,10-11,14,16H2,1-4H3,(H,32,36)/t17-,21-/m1/s1. The molecule has 2 aromatic heterocycles. The van der Waals surface area contributed by atoms with Crippen LogP contribution in [0.4, 0.5) is 23.7 Å². The molecule has 1 aliphatic rings. The first-order valence-corrected chi connectivity index (χ1v) is 13.2. The smallest absolute Gasteiger partial charge is 0.421 e. The first-order chi connectivity index (χ1) is 18.9. The molecular weight excluding hydrogens is 529 g/mol. The van der Waals surface area contributed by atoms with Crippen molar-refractivity contribution in [1.29, 1.82) is 0 Å². The van der Waals surface area contributed by atoms with Crippen LogP contribution in [-0.2, 0) is 22.3 Å². The van der Waals surface area contributed by atoms with Crippen molar-refractivity contribution < 1.29 is 36.6 Å². The minimum Gasteiger partial charge on any atom is -0.474 e. The highest BCUT2D eigenvalue weighted by Crippen LogP contribution is 2.41. The fraction of sp³-hybridized carbons (Fsp3) is 0.500. The fourth-order valence-corrected chi connectivity index (χ4v) is 4.16. The predicted molar refractivity (Wildman–Crippen MR) is 140 cm³/mol. The first kappa shape index (κ1) is 29.3. The molecular formula is C28H33F3N4O5. The van der Waals surface area contributed by atoms with Gasteiger partial charge in [-0.25, -0.2) is 9.78 Å². The Labute approximate surface area is 230 Å². The lowest BCUT2D eigenvalue weighted by atomic mass is 10.1. The van der Waals surface area contributed by atoms with Crippen LogP contribution in [0.15, 0.2) is 40.8 Å². The second-order valence-corrected chi connectivity index (χ2v) is 10.7. The summed E-state index contributed by atoms with van der Waals surface area (Å²) in [5.74, 6) is -0.681. The van der Waals surface area contributed by atoms with Crippen LogP contribution in [0.3, 0.4) is 0 Å². The Bertz CT molecular complexity index is 1290. The maximum atomic E-state index is 14.1. The third-order valence-corrected chi connectivity index (χ3v) is 6.03. The van der Waals surface area contributed by atoms with Crippen molar-refractivity contribution in [2.45, 2.75) is 90.4 Å². The summed E-state index contributed by atoms with van der Waals surface area (Å²) in [6, 6.07) is 10.3. The number of alkyl halides is 3. The number of hydrogen-bond acceptors (Lipinski definition) is 8. The molecule has 0 unspecified atom stereocenters. The van der Waals surface area contributed by atoms with Gasteiger partial charge in [0.2, 0.25) is 11.8 Å². The summed E-state index contributed by atoms with van der Waals surface area (Å²) < 4.78 is 65.2. The number of halogens is 3. The Balaban J connectivity index is 1.76. The van der Waals surface area contributed by atoms with Gasteiger partial charge >= 0.3 is 12.3 Å². The number of nitrogens with zero attached hydrogens (tertiary/aromatic N) is 3. The number of ether oxygens (including phenoxy) is 3. The Kier molecular flexibility index (Phi) is 8.97. The molecule has 4 rings (SSSR count). The molecule has 9 nitrogen and oxygen atoms in total. The molecule has 1 aromatic carbocycles. The van der Waals surface area contributed by atoms with E-state index in [0.717, 1.165) is 30.9 Å². The summed E-state index contributed by atoms with van der Waals surface area (Å²) >= 11 is 0. The number of carbonyl (C=O) groups excluding carboxylic acids is 1. The number of pyridine rings is 1. The highest BCUT2D eigenvalue weighted by atomic mass is 19.4. The molecule has 216 valence electrons. The van der Waals surface area contributed by atoms with Gasteiger partial charge in [-0.1, -0.05) is 43.2 Å². The number of amides is 1. The first-order valence-electron chi connectivity index (χ1n) is 13.2. The van der Waals surface area contributed by atoms with Crippen molar-refractivity contribution in [3.8, 4) is 17.5 Å². The molecule has 0 aliphatic carbocycles. The van der Waals surface area contributed by atoms with Crippen molar-refractivity contribution in [3.05, 3.63) is 53.4 Å². The lowest BCUT2D eigenvalue weighted by Gasteiger charge is -2.22. The second-order valence-electron chi connectivity index (χ2n) is 10.7. The molecule has 1 N–H and O–H groups in total. The van der Waals surface area contributed by atoms with E-state index in [1.54, 1.807) is 27.7 Å². The molecule has 1 aliphatic heterocycles. The number of anilines is 1. The molecule has 0 spiro atoms. The summed E-state index contributed by atoms with van der Waals surface area (Å²) in [5.41, 5.74) is -1.57. The summed E-state index contributed by atoms with van der Waals surface area (Å²) in [7, 11) is 0. The number of hydrogen-bond donors (Lipinski definition) is 1. The minimum atomic E-state index is -4.81. The third kappa shape index (κ3) is 7.93. The van der Waals surface area contributed by atoms with Crippen LogP contribution in [0.2, 0.25) is 0 Å². The zero-order chi connectivity index (χ0) is 28.9. The van der Waals surface area contributed by atoms with E-state index in [0.29, 0.717) is 19.4 Å². The van der Waals surface area contributed by atoms with Gasteiger partial charge < -0.3 is 18.6 Å². The van der Waals surface area contributed by atoms with Crippen LogP contribution in [0.1, 0.15) is 82.9 Å². The third-order valence-electron chi connectivity index (χ3n) is 6.03. The van der Waals surface area contributed by atoms with Gasteiger partial charge in [0.05, 0.1) is 18.4 Å². The SMILES string of the molecule is C[C@@H]1CCCCC[C@@H](OCc2ccccc2)c2nnc(o2)-c2nc(c(C(F)(F)F)cc2NC(=O)OC(C)(C)C)O1. The maximum Gasteiger partial charge on any atom is 0.421 e. The van der Waals surface area contributed by atoms with Crippen molar-refractivity contribution in [2.24, 2.45) is 0 Å². The number of aromatic nitrogens is 3. The molecule has 0 saturated heterocycles. The van der Waals surface area contributed by atoms with Crippen molar-refractivity contribution in [2.75, 3.05) is 5.32 Å². The zero-order valence-corrected chi connectivity index (χ0v) is 22.9. The summed E-state index contributed by atoms with van der Waals surface area (Å²) in [6.07, 6.45) is -3.44. The molecule has 0 fully saturated rings. The predicted octanol–water partition coefficient (Wildman–Crippen LogP) is 7.49. The summed E-state index contributed by atoms with van der Waals surface area (Å²) in [4.78, 5) is 16.7. The number of fused-ring (bicyclic) bond motifs is 5. The number of nitrogens with one attached hydrogen (secondary N) is 1. The van der Waals surface area contributed by atoms with Crippen molar-refractivity contribution >= 4 is 11.8 Å². The average molecular weight is 563 g/mol. The molecule has 40 heavy (non-hydrogen) atoms. The van der Waals surface area contributed by atoms with Gasteiger partial charge in [-0.2, -0.15) is 13.2 Å². The molecule has 4 bridgehead atoms. The zero-order valence-electron chi connectivity index (χ0n) is 22.9. The Morgan fingerprint density at radius 1 is 1.07 bits per heavy atom. The maximum absolute atomic E-state index is 14.1. The van der Waals surface area contributed by atoms with Crippen LogP contribution in [0.5, 0.6) is 5.88 Å². The van der Waals surface area contributed by atoms with Crippen molar-refractivity contribution in [3.63, 3.8) is 0 Å². The average Bonchev–Trinajstić information content (AvgIpc) is 3.34. The molecule has 0 radical (unpaired) electrons. The van der Waals surface area contributed by atoms with Gasteiger partial charge in [0.25, 0.3) is 5.89 Å². The van der Waals surface area contributed by atoms with E-state index in [-0.39, 0.29) is 23.2 Å². The van der Waals surface area contributed by atoms with E-state index in [9.17, 15) is 18.0 Å². The fourth-order valence-electron chi connectivity index (χ4n) is 4.16. The van der Waals surface area contributed by atoms with Gasteiger partial charge in [0.15, 0.2) is 5.69 Å². The molecule has 2 atom stereocenters. The Morgan fingerprint density at radius 3 is 2.50 bits per heavy atom. The summed E-state index contributed by atoms with van der Waals surface area (Å²) in [5, 5.41) is 10.5. The minimum absolute atomic E-state index is 0.156. The highest BCUT2D eigenvalue weighted by molar-refractivity contribution is 5.89. The normalized spacial score (nSPS) is 18.4. The number of carbonyl (C=O) groups is 1. The Morgan fingerprint density at radius 2 is 1.80 bits per heavy atom. The van der Waals surface area contributed by atoms with Crippen molar-refractivity contribution in [1.82, 2.24) is 15.2 Å². The van der Waals surface area contributed by atoms with Gasteiger partial charge in [-0.3, -0.25) is 5.32 Å². The number of benzene rings is 1. The van der Waals surface area contributed by atoms with E-state index < -0.39 is 41.5 Å². The summed E-state index contributed by atoms with van der Waals surface area (Å²) in [6.45, 7) is 6.90. The highest BCUT2D eigenvalue weighted by Gasteiger charge is 2.38. The van der Waals surface area contributed by atoms with Gasteiger partial charge in [-0.05, 0) is 58.6 Å². The second kappa shape index (κ2) is 12.2. The van der Waals surface area contributed by atoms with E-state index in [4.69, 9.17) is 18.6 Å². The molecule has 0 saturated carbocycles. The van der Waals surface area contributed by atoms with Crippen LogP contribution in [0.25, 0.3) is 11.6 Å². The van der Waals surface area contributed by atoms with E-state index >= 15 is 0 Å². The molecule has 3 aromatic rings. The Hall–Kier alpha value is -3.67. The number of rotatable bonds is 4. The van der Waals surface area contributed by atoms with E-state index in [2.05, 4.69) is 20.5 Å². The van der Waals surface area contributed by atoms with Crippen LogP contribution >= 0.6 is 0 Å². The van der Waals surface area contributed by atoms with Gasteiger partial charge in [-0.15, -0.1) is 10.2 Å². The van der Waals surface area contributed by atoms with Gasteiger partial charge in [0.1, 0.15) is 17.3 Å². The van der Waals surface area contributed by atoms with Crippen LogP contribution < -0.4 is 10.1 Å². The molecule has 3 heterocycles. The lowest BCUT2D eigenvalue weighted by molar-refractivity contribution is -0.139. The monoisotopic (exact) mass is 562 g/mol. The van der Waals surface area contributed by atoms with Crippen LogP contribution in [-0.4, -0.2) is 33.0 Å². The lowest BCUT2D eigenvalue weighted by Crippen LogP contribution is -2.27. The van der Waals surface area contributed by atoms with Gasteiger partial charge in [0, 0.05) is 0 Å². The van der Waals surface area contributed by atoms with Crippen LogP contribution in [0, 0.1) is 0 Å². The van der Waals surface area contributed by atoms with E-state index in [1.165, 1.54) is 0 Å². The van der Waals surface area contributed by atoms with E-state index in [1.807, 2.05) is 30.3 Å². The largest absolute Gasteiger partial charge is 0.474 e.